The molecule has 4 nitrogen and oxygen atoms in total. The van der Waals surface area contributed by atoms with Crippen LogP contribution in [0, 0.1) is 5.92 Å². The van der Waals surface area contributed by atoms with Crippen molar-refractivity contribution in [2.75, 3.05) is 0 Å². The van der Waals surface area contributed by atoms with Crippen molar-refractivity contribution in [1.82, 2.24) is 5.32 Å². The van der Waals surface area contributed by atoms with Gasteiger partial charge in [0, 0.05) is 22.2 Å². The Balaban J connectivity index is 2.05. The molecule has 2 rings (SSSR count). The van der Waals surface area contributed by atoms with E-state index in [9.17, 15) is 9.59 Å². The largest absolute Gasteiger partial charge is 0.481 e. The molecule has 116 valence electrons. The molecule has 1 aliphatic carbocycles. The van der Waals surface area contributed by atoms with Crippen LogP contribution in [0.5, 0.6) is 0 Å². The van der Waals surface area contributed by atoms with Gasteiger partial charge in [-0.1, -0.05) is 6.92 Å². The number of rotatable bonds is 5. The minimum Gasteiger partial charge on any atom is -0.481 e. The second kappa shape index (κ2) is 6.18. The van der Waals surface area contributed by atoms with Gasteiger partial charge in [-0.05, 0) is 51.0 Å². The molecule has 1 unspecified atom stereocenters. The van der Waals surface area contributed by atoms with Gasteiger partial charge in [-0.2, -0.15) is 0 Å². The first-order valence-electron chi connectivity index (χ1n) is 7.42. The predicted molar refractivity (Wildman–Crippen MR) is 83.9 cm³/mol. The van der Waals surface area contributed by atoms with E-state index < -0.39 is 11.5 Å². The Morgan fingerprint density at radius 2 is 2.19 bits per heavy atom. The van der Waals surface area contributed by atoms with Crippen LogP contribution in [-0.2, 0) is 17.6 Å². The minimum atomic E-state index is -0.834. The third-order valence-corrected chi connectivity index (χ3v) is 5.11. The van der Waals surface area contributed by atoms with Gasteiger partial charge in [0.15, 0.2) is 0 Å². The highest BCUT2D eigenvalue weighted by molar-refractivity contribution is 7.10. The van der Waals surface area contributed by atoms with Gasteiger partial charge in [0.25, 0.3) is 5.91 Å². The van der Waals surface area contributed by atoms with Crippen LogP contribution < -0.4 is 5.32 Å². The Morgan fingerprint density at radius 1 is 1.48 bits per heavy atom. The predicted octanol–water partition coefficient (Wildman–Crippen LogP) is 3.25. The molecule has 21 heavy (non-hydrogen) atoms. The zero-order chi connectivity index (χ0) is 15.6. The Kier molecular flexibility index (Phi) is 4.71. The van der Waals surface area contributed by atoms with E-state index in [0.29, 0.717) is 12.3 Å². The van der Waals surface area contributed by atoms with Crippen molar-refractivity contribution >= 4 is 23.2 Å². The van der Waals surface area contributed by atoms with Gasteiger partial charge in [0.2, 0.25) is 0 Å². The van der Waals surface area contributed by atoms with Gasteiger partial charge in [-0.15, -0.1) is 11.3 Å². The van der Waals surface area contributed by atoms with E-state index in [-0.39, 0.29) is 12.3 Å². The van der Waals surface area contributed by atoms with Gasteiger partial charge < -0.3 is 10.4 Å². The highest BCUT2D eigenvalue weighted by atomic mass is 32.1. The summed E-state index contributed by atoms with van der Waals surface area (Å²) >= 11 is 1.67. The van der Waals surface area contributed by atoms with Crippen LogP contribution in [0.1, 0.15) is 60.8 Å². The Labute approximate surface area is 129 Å². The highest BCUT2D eigenvalue weighted by Crippen LogP contribution is 2.33. The Bertz CT molecular complexity index is 548. The van der Waals surface area contributed by atoms with Crippen molar-refractivity contribution in [3.05, 3.63) is 21.4 Å². The first kappa shape index (κ1) is 16.0. The topological polar surface area (TPSA) is 66.4 Å². The molecule has 1 aromatic rings. The fraction of sp³-hybridized carbons (Fsp3) is 0.625. The summed E-state index contributed by atoms with van der Waals surface area (Å²) in [4.78, 5) is 24.5. The minimum absolute atomic E-state index is 0.0620. The molecule has 0 aromatic carbocycles. The first-order chi connectivity index (χ1) is 9.78. The van der Waals surface area contributed by atoms with Crippen molar-refractivity contribution < 1.29 is 14.7 Å². The average molecular weight is 309 g/mol. The van der Waals surface area contributed by atoms with Crippen LogP contribution in [0.4, 0.5) is 0 Å². The molecule has 0 saturated carbocycles. The van der Waals surface area contributed by atoms with Crippen LogP contribution in [-0.4, -0.2) is 22.5 Å². The number of hydrogen-bond donors (Lipinski definition) is 2. The third kappa shape index (κ3) is 4.06. The first-order valence-corrected chi connectivity index (χ1v) is 8.30. The molecule has 0 bridgehead atoms. The van der Waals surface area contributed by atoms with Crippen molar-refractivity contribution in [1.29, 1.82) is 0 Å². The molecule has 0 aliphatic heterocycles. The SMILES string of the molecule is CC1CCc2c(C(=O)NC(C)(C)CCC(=O)O)csc2C1. The molecule has 0 radical (unpaired) electrons. The number of thiophene rings is 1. The monoisotopic (exact) mass is 309 g/mol. The van der Waals surface area contributed by atoms with E-state index in [2.05, 4.69) is 12.2 Å². The number of hydrogen-bond acceptors (Lipinski definition) is 3. The molecule has 0 fully saturated rings. The molecule has 1 aliphatic rings. The molecule has 0 saturated heterocycles. The van der Waals surface area contributed by atoms with E-state index in [1.165, 1.54) is 10.4 Å². The van der Waals surface area contributed by atoms with Crippen molar-refractivity contribution in [3.8, 4) is 0 Å². The second-order valence-electron chi connectivity index (χ2n) is 6.63. The standard InChI is InChI=1S/C16H23NO3S/c1-10-4-5-11-12(9-21-13(11)8-10)15(20)17-16(2,3)7-6-14(18)19/h9-10H,4-8H2,1-3H3,(H,17,20)(H,18,19). The van der Waals surface area contributed by atoms with E-state index in [1.807, 2.05) is 19.2 Å². The number of carboxylic acids is 1. The normalized spacial score (nSPS) is 18.1. The number of amides is 1. The van der Waals surface area contributed by atoms with E-state index in [0.717, 1.165) is 24.8 Å². The molecule has 1 atom stereocenters. The summed E-state index contributed by atoms with van der Waals surface area (Å²) in [5.41, 5.74) is 1.47. The van der Waals surface area contributed by atoms with E-state index in [1.54, 1.807) is 11.3 Å². The summed E-state index contributed by atoms with van der Waals surface area (Å²) < 4.78 is 0. The average Bonchev–Trinajstić information content (AvgIpc) is 2.79. The Hall–Kier alpha value is -1.36. The fourth-order valence-corrected chi connectivity index (χ4v) is 3.97. The third-order valence-electron chi connectivity index (χ3n) is 4.06. The molecule has 2 N–H and O–H groups in total. The van der Waals surface area contributed by atoms with Crippen LogP contribution >= 0.6 is 11.3 Å². The van der Waals surface area contributed by atoms with Crippen molar-refractivity contribution in [3.63, 3.8) is 0 Å². The lowest BCUT2D eigenvalue weighted by molar-refractivity contribution is -0.137. The maximum absolute atomic E-state index is 12.5. The van der Waals surface area contributed by atoms with Crippen LogP contribution in [0.15, 0.2) is 5.38 Å². The van der Waals surface area contributed by atoms with Crippen LogP contribution in [0.2, 0.25) is 0 Å². The van der Waals surface area contributed by atoms with Gasteiger partial charge in [0.05, 0.1) is 5.56 Å². The van der Waals surface area contributed by atoms with Gasteiger partial charge in [-0.25, -0.2) is 0 Å². The quantitative estimate of drug-likeness (QED) is 0.877. The summed E-state index contributed by atoms with van der Waals surface area (Å²) in [7, 11) is 0. The van der Waals surface area contributed by atoms with E-state index in [4.69, 9.17) is 5.11 Å². The molecule has 1 aromatic heterocycles. The van der Waals surface area contributed by atoms with Crippen molar-refractivity contribution in [2.45, 2.75) is 58.4 Å². The molecule has 1 amide bonds. The smallest absolute Gasteiger partial charge is 0.303 e. The summed E-state index contributed by atoms with van der Waals surface area (Å²) in [6.07, 6.45) is 3.66. The summed E-state index contributed by atoms with van der Waals surface area (Å²) in [6.45, 7) is 5.99. The fourth-order valence-electron chi connectivity index (χ4n) is 2.72. The van der Waals surface area contributed by atoms with Crippen LogP contribution in [0.3, 0.4) is 0 Å². The van der Waals surface area contributed by atoms with E-state index >= 15 is 0 Å². The second-order valence-corrected chi connectivity index (χ2v) is 7.60. The molecular weight excluding hydrogens is 286 g/mol. The molecule has 1 heterocycles. The number of aliphatic carboxylic acids is 1. The zero-order valence-corrected chi connectivity index (χ0v) is 13.7. The van der Waals surface area contributed by atoms with Gasteiger partial charge in [-0.3, -0.25) is 9.59 Å². The molecule has 5 heteroatoms. The maximum atomic E-state index is 12.5. The van der Waals surface area contributed by atoms with Crippen molar-refractivity contribution in [2.24, 2.45) is 5.92 Å². The summed E-state index contributed by atoms with van der Waals surface area (Å²) in [5.74, 6) is -0.212. The molecular formula is C16H23NO3S. The number of carboxylic acid groups (broad SMARTS) is 1. The number of carbonyl (C=O) groups is 2. The number of nitrogens with one attached hydrogen (secondary N) is 1. The maximum Gasteiger partial charge on any atom is 0.303 e. The van der Waals surface area contributed by atoms with Gasteiger partial charge >= 0.3 is 5.97 Å². The summed E-state index contributed by atoms with van der Waals surface area (Å²) in [6, 6.07) is 0. The number of carbonyl (C=O) groups excluding carboxylic acids is 1. The molecule has 0 spiro atoms. The van der Waals surface area contributed by atoms with Crippen LogP contribution in [0.25, 0.3) is 0 Å². The zero-order valence-electron chi connectivity index (χ0n) is 12.9. The highest BCUT2D eigenvalue weighted by Gasteiger charge is 2.27. The lowest BCUT2D eigenvalue weighted by Gasteiger charge is -2.26. The lowest BCUT2D eigenvalue weighted by atomic mass is 9.88. The van der Waals surface area contributed by atoms with Gasteiger partial charge in [0.1, 0.15) is 0 Å². The number of fused-ring (bicyclic) bond motifs is 1. The lowest BCUT2D eigenvalue weighted by Crippen LogP contribution is -2.44. The Morgan fingerprint density at radius 3 is 2.86 bits per heavy atom. The summed E-state index contributed by atoms with van der Waals surface area (Å²) in [5, 5.41) is 13.7.